The van der Waals surface area contributed by atoms with Crippen molar-refractivity contribution in [3.05, 3.63) is 62.6 Å². The summed E-state index contributed by atoms with van der Waals surface area (Å²) in [5, 5.41) is 11.8. The molecular formula is C21H23N3O4. The zero-order valence-electron chi connectivity index (χ0n) is 16.2. The van der Waals surface area contributed by atoms with Gasteiger partial charge in [0, 0.05) is 17.8 Å². The number of carbonyl (C=O) groups excluding carboxylic acids is 2. The second-order valence-corrected chi connectivity index (χ2v) is 6.43. The van der Waals surface area contributed by atoms with Gasteiger partial charge in [-0.1, -0.05) is 19.1 Å². The highest BCUT2D eigenvalue weighted by Gasteiger charge is 2.14. The number of nitriles is 1. The fourth-order valence-corrected chi connectivity index (χ4v) is 2.89. The molecule has 0 saturated heterocycles. The molecule has 0 bridgehead atoms. The summed E-state index contributed by atoms with van der Waals surface area (Å²) in [6, 6.07) is 9.32. The summed E-state index contributed by atoms with van der Waals surface area (Å²) in [6.07, 6.45) is 1.26. The molecule has 0 spiro atoms. The molecule has 0 atom stereocenters. The van der Waals surface area contributed by atoms with Crippen molar-refractivity contribution in [3.8, 4) is 6.07 Å². The SMILES string of the molecule is CCc1ccc(NC(=O)COC(=O)CCc2c(C)[nH]c(=O)c(C#N)c2C)cc1. The van der Waals surface area contributed by atoms with Crippen molar-refractivity contribution in [3.63, 3.8) is 0 Å². The number of carbonyl (C=O) groups is 2. The number of benzene rings is 1. The van der Waals surface area contributed by atoms with Crippen LogP contribution in [0.1, 0.15) is 41.3 Å². The molecule has 7 heteroatoms. The van der Waals surface area contributed by atoms with Gasteiger partial charge in [-0.25, -0.2) is 0 Å². The Bertz CT molecular complexity index is 969. The number of aryl methyl sites for hydroxylation is 2. The molecule has 28 heavy (non-hydrogen) atoms. The third-order valence-corrected chi connectivity index (χ3v) is 4.51. The maximum absolute atomic E-state index is 12.0. The van der Waals surface area contributed by atoms with Gasteiger partial charge in [0.05, 0.1) is 0 Å². The molecule has 0 aliphatic heterocycles. The Morgan fingerprint density at radius 2 is 1.89 bits per heavy atom. The van der Waals surface area contributed by atoms with E-state index in [1.807, 2.05) is 25.1 Å². The summed E-state index contributed by atoms with van der Waals surface area (Å²) in [7, 11) is 0. The first-order chi connectivity index (χ1) is 13.3. The molecule has 2 N–H and O–H groups in total. The molecule has 2 aromatic rings. The fraction of sp³-hybridized carbons (Fsp3) is 0.333. The van der Waals surface area contributed by atoms with E-state index in [-0.39, 0.29) is 18.6 Å². The lowest BCUT2D eigenvalue weighted by Gasteiger charge is -2.11. The van der Waals surface area contributed by atoms with Gasteiger partial charge in [0.25, 0.3) is 11.5 Å². The average molecular weight is 381 g/mol. The number of H-pyrrole nitrogens is 1. The van der Waals surface area contributed by atoms with E-state index in [9.17, 15) is 14.4 Å². The number of hydrogen-bond donors (Lipinski definition) is 2. The normalized spacial score (nSPS) is 10.2. The minimum Gasteiger partial charge on any atom is -0.456 e. The van der Waals surface area contributed by atoms with E-state index in [4.69, 9.17) is 10.00 Å². The van der Waals surface area contributed by atoms with E-state index in [2.05, 4.69) is 10.3 Å². The predicted octanol–water partition coefficient (Wildman–Crippen LogP) is 2.54. The molecule has 7 nitrogen and oxygen atoms in total. The van der Waals surface area contributed by atoms with Crippen LogP contribution in [-0.2, 0) is 27.2 Å². The molecule has 1 amide bonds. The van der Waals surface area contributed by atoms with E-state index in [1.54, 1.807) is 26.0 Å². The third-order valence-electron chi connectivity index (χ3n) is 4.51. The van der Waals surface area contributed by atoms with Crippen LogP contribution in [0.15, 0.2) is 29.1 Å². The van der Waals surface area contributed by atoms with Gasteiger partial charge < -0.3 is 15.0 Å². The number of anilines is 1. The quantitative estimate of drug-likeness (QED) is 0.716. The lowest BCUT2D eigenvalue weighted by Crippen LogP contribution is -2.21. The van der Waals surface area contributed by atoms with Crippen LogP contribution in [0.25, 0.3) is 0 Å². The smallest absolute Gasteiger partial charge is 0.306 e. The summed E-state index contributed by atoms with van der Waals surface area (Å²) in [6.45, 7) is 5.07. The zero-order valence-corrected chi connectivity index (χ0v) is 16.2. The lowest BCUT2D eigenvalue weighted by atomic mass is 9.99. The summed E-state index contributed by atoms with van der Waals surface area (Å²) >= 11 is 0. The van der Waals surface area contributed by atoms with Gasteiger partial charge in [-0.15, -0.1) is 0 Å². The van der Waals surface area contributed by atoms with Crippen molar-refractivity contribution in [2.75, 3.05) is 11.9 Å². The Hall–Kier alpha value is -3.40. The highest BCUT2D eigenvalue weighted by Crippen LogP contribution is 2.15. The van der Waals surface area contributed by atoms with Gasteiger partial charge in [-0.05, 0) is 55.5 Å². The third kappa shape index (κ3) is 5.30. The Morgan fingerprint density at radius 3 is 2.50 bits per heavy atom. The molecule has 0 saturated carbocycles. The number of aromatic amines is 1. The van der Waals surface area contributed by atoms with E-state index < -0.39 is 17.4 Å². The Balaban J connectivity index is 1.87. The summed E-state index contributed by atoms with van der Waals surface area (Å²) in [5.74, 6) is -0.944. The number of pyridine rings is 1. The number of hydrogen-bond acceptors (Lipinski definition) is 5. The van der Waals surface area contributed by atoms with E-state index in [0.29, 0.717) is 23.4 Å². The predicted molar refractivity (Wildman–Crippen MR) is 105 cm³/mol. The van der Waals surface area contributed by atoms with Crippen LogP contribution in [0, 0.1) is 25.2 Å². The van der Waals surface area contributed by atoms with Gasteiger partial charge in [0.1, 0.15) is 11.6 Å². The van der Waals surface area contributed by atoms with Crippen LogP contribution in [-0.4, -0.2) is 23.5 Å². The molecule has 2 rings (SSSR count). The maximum Gasteiger partial charge on any atom is 0.306 e. The van der Waals surface area contributed by atoms with E-state index >= 15 is 0 Å². The summed E-state index contributed by atoms with van der Waals surface area (Å²) < 4.78 is 5.01. The largest absolute Gasteiger partial charge is 0.456 e. The molecule has 0 radical (unpaired) electrons. The second kappa shape index (κ2) is 9.51. The summed E-state index contributed by atoms with van der Waals surface area (Å²) in [5.41, 5.74) is 3.31. The van der Waals surface area contributed by atoms with Crippen molar-refractivity contribution in [2.45, 2.75) is 40.0 Å². The monoisotopic (exact) mass is 381 g/mol. The minimum absolute atomic E-state index is 0.0388. The highest BCUT2D eigenvalue weighted by atomic mass is 16.5. The van der Waals surface area contributed by atoms with Crippen LogP contribution in [0.5, 0.6) is 0 Å². The van der Waals surface area contributed by atoms with Gasteiger partial charge in [-0.3, -0.25) is 14.4 Å². The van der Waals surface area contributed by atoms with Gasteiger partial charge in [0.2, 0.25) is 0 Å². The van der Waals surface area contributed by atoms with Crippen LogP contribution in [0.4, 0.5) is 5.69 Å². The van der Waals surface area contributed by atoms with Crippen LogP contribution in [0.2, 0.25) is 0 Å². The van der Waals surface area contributed by atoms with Crippen molar-refractivity contribution in [1.82, 2.24) is 4.98 Å². The van der Waals surface area contributed by atoms with Crippen LogP contribution in [0.3, 0.4) is 0 Å². The number of aromatic nitrogens is 1. The first kappa shape index (κ1) is 20.9. The molecule has 1 aromatic heterocycles. The highest BCUT2D eigenvalue weighted by molar-refractivity contribution is 5.92. The van der Waals surface area contributed by atoms with Gasteiger partial charge in [-0.2, -0.15) is 5.26 Å². The topological polar surface area (TPSA) is 112 Å². The second-order valence-electron chi connectivity index (χ2n) is 6.43. The molecule has 0 aliphatic rings. The van der Waals surface area contributed by atoms with Crippen LogP contribution >= 0.6 is 0 Å². The van der Waals surface area contributed by atoms with E-state index in [0.717, 1.165) is 17.5 Å². The Morgan fingerprint density at radius 1 is 1.21 bits per heavy atom. The number of amides is 1. The number of nitrogens with zero attached hydrogens (tertiary/aromatic N) is 1. The van der Waals surface area contributed by atoms with Crippen molar-refractivity contribution in [2.24, 2.45) is 0 Å². The standard InChI is InChI=1S/C21H23N3O4/c1-4-15-5-7-16(8-6-15)24-19(25)12-28-20(26)10-9-17-13(2)18(11-22)21(27)23-14(17)3/h5-8H,4,9-10,12H2,1-3H3,(H,23,27)(H,24,25). The number of ether oxygens (including phenoxy) is 1. The zero-order chi connectivity index (χ0) is 20.7. The molecule has 0 aliphatic carbocycles. The van der Waals surface area contributed by atoms with Gasteiger partial charge >= 0.3 is 5.97 Å². The molecule has 0 fully saturated rings. The number of nitrogens with one attached hydrogen (secondary N) is 2. The molecule has 1 aromatic carbocycles. The minimum atomic E-state index is -0.528. The molecular weight excluding hydrogens is 358 g/mol. The van der Waals surface area contributed by atoms with Crippen molar-refractivity contribution >= 4 is 17.6 Å². The maximum atomic E-state index is 12.0. The van der Waals surface area contributed by atoms with Crippen molar-refractivity contribution < 1.29 is 14.3 Å². The summed E-state index contributed by atoms with van der Waals surface area (Å²) in [4.78, 5) is 38.2. The number of esters is 1. The first-order valence-electron chi connectivity index (χ1n) is 9.02. The average Bonchev–Trinajstić information content (AvgIpc) is 2.67. The Labute approximate surface area is 163 Å². The molecule has 146 valence electrons. The fourth-order valence-electron chi connectivity index (χ4n) is 2.89. The first-order valence-corrected chi connectivity index (χ1v) is 9.02. The number of rotatable bonds is 7. The van der Waals surface area contributed by atoms with E-state index in [1.165, 1.54) is 0 Å². The van der Waals surface area contributed by atoms with Gasteiger partial charge in [0.15, 0.2) is 6.61 Å². The Kier molecular flexibility index (Phi) is 7.10. The lowest BCUT2D eigenvalue weighted by molar-refractivity contribution is -0.147. The molecule has 0 unspecified atom stereocenters. The van der Waals surface area contributed by atoms with Crippen molar-refractivity contribution in [1.29, 1.82) is 5.26 Å². The molecule has 1 heterocycles. The van der Waals surface area contributed by atoms with Crippen LogP contribution < -0.4 is 10.9 Å².